The van der Waals surface area contributed by atoms with Gasteiger partial charge in [0.2, 0.25) is 0 Å². The molecule has 0 heterocycles. The molecule has 0 unspecified atom stereocenters. The summed E-state index contributed by atoms with van der Waals surface area (Å²) in [5.74, 6) is 0.426. The van der Waals surface area contributed by atoms with E-state index in [9.17, 15) is 18.4 Å². The average Bonchev–Trinajstić information content (AvgIpc) is 3.04. The van der Waals surface area contributed by atoms with E-state index in [1.807, 2.05) is 12.1 Å². The number of benzene rings is 2. The third-order valence-electron chi connectivity index (χ3n) is 7.77. The lowest BCUT2D eigenvalue weighted by molar-refractivity contribution is -0.141. The molecule has 2 aromatic rings. The van der Waals surface area contributed by atoms with Crippen LogP contribution in [0.5, 0.6) is 11.5 Å². The van der Waals surface area contributed by atoms with Crippen LogP contribution in [0.4, 0.5) is 8.78 Å². The van der Waals surface area contributed by atoms with Gasteiger partial charge in [-0.3, -0.25) is 0 Å². The Morgan fingerprint density at radius 1 is 0.822 bits per heavy atom. The number of aliphatic hydroxyl groups excluding tert-OH is 2. The first-order valence-electron chi connectivity index (χ1n) is 15.1. The van der Waals surface area contributed by atoms with Crippen molar-refractivity contribution in [3.05, 3.63) is 84.0 Å². The summed E-state index contributed by atoms with van der Waals surface area (Å²) in [5.41, 5.74) is 4.10. The van der Waals surface area contributed by atoms with Crippen LogP contribution in [0.2, 0.25) is 0 Å². The molecule has 8 nitrogen and oxygen atoms in total. The third-order valence-corrected chi connectivity index (χ3v) is 7.77. The summed E-state index contributed by atoms with van der Waals surface area (Å²) in [7, 11) is 0. The fraction of sp³-hybridized carbons (Fsp3) is 0.429. The molecule has 1 saturated carbocycles. The van der Waals surface area contributed by atoms with Crippen LogP contribution in [0, 0.1) is 12.8 Å². The number of hydrogen-bond donors (Lipinski definition) is 2. The number of hydrogen-bond acceptors (Lipinski definition) is 8. The Kier molecular flexibility index (Phi) is 14.2. The summed E-state index contributed by atoms with van der Waals surface area (Å²) < 4.78 is 46.5. The van der Waals surface area contributed by atoms with Gasteiger partial charge in [0.1, 0.15) is 37.9 Å². The summed E-state index contributed by atoms with van der Waals surface area (Å²) in [5, 5.41) is 18.0. The van der Waals surface area contributed by atoms with E-state index in [1.54, 1.807) is 6.07 Å². The Labute approximate surface area is 263 Å². The number of ether oxygens (including phenoxy) is 4. The van der Waals surface area contributed by atoms with Crippen LogP contribution in [0.1, 0.15) is 55.6 Å². The second-order valence-corrected chi connectivity index (χ2v) is 11.0. The zero-order valence-corrected chi connectivity index (χ0v) is 25.7. The first-order chi connectivity index (χ1) is 21.6. The highest BCUT2D eigenvalue weighted by atomic mass is 19.3. The van der Waals surface area contributed by atoms with Crippen molar-refractivity contribution in [1.82, 2.24) is 0 Å². The summed E-state index contributed by atoms with van der Waals surface area (Å²) in [6.45, 7) is 7.96. The molecular weight excluding hydrogens is 586 g/mol. The molecule has 2 aromatic carbocycles. The van der Waals surface area contributed by atoms with E-state index < -0.39 is 31.2 Å². The Bertz CT molecular complexity index is 1300. The van der Waals surface area contributed by atoms with Crippen LogP contribution in [-0.4, -0.2) is 61.8 Å². The van der Waals surface area contributed by atoms with Crippen LogP contribution in [0.3, 0.4) is 0 Å². The minimum atomic E-state index is -1.60. The van der Waals surface area contributed by atoms with Crippen molar-refractivity contribution in [3.8, 4) is 22.6 Å². The number of halogens is 2. The maximum Gasteiger partial charge on any atom is 0.335 e. The zero-order valence-electron chi connectivity index (χ0n) is 25.7. The van der Waals surface area contributed by atoms with Crippen molar-refractivity contribution >= 4 is 11.9 Å². The molecule has 0 saturated heterocycles. The molecule has 1 fully saturated rings. The highest BCUT2D eigenvalue weighted by Gasteiger charge is 2.23. The smallest absolute Gasteiger partial charge is 0.335 e. The van der Waals surface area contributed by atoms with Crippen molar-refractivity contribution in [2.45, 2.75) is 51.4 Å². The van der Waals surface area contributed by atoms with Crippen molar-refractivity contribution in [2.75, 3.05) is 39.6 Å². The van der Waals surface area contributed by atoms with Crippen LogP contribution in [0.15, 0.2) is 72.9 Å². The number of aryl methyl sites for hydroxylation is 1. The molecule has 45 heavy (non-hydrogen) atoms. The largest absolute Gasteiger partial charge is 0.490 e. The first kappa shape index (κ1) is 35.5. The Hall–Kier alpha value is -4.02. The minimum absolute atomic E-state index is 0.0495. The maximum absolute atomic E-state index is 12.4. The van der Waals surface area contributed by atoms with Crippen molar-refractivity contribution < 1.29 is 47.5 Å². The summed E-state index contributed by atoms with van der Waals surface area (Å²) in [4.78, 5) is 23.5. The normalized spacial score (nSPS) is 15.9. The molecule has 0 radical (unpaired) electrons. The maximum atomic E-state index is 12.4. The van der Waals surface area contributed by atoms with Crippen LogP contribution in [0.25, 0.3) is 11.1 Å². The van der Waals surface area contributed by atoms with Crippen molar-refractivity contribution in [2.24, 2.45) is 5.92 Å². The van der Waals surface area contributed by atoms with Crippen LogP contribution < -0.4 is 9.47 Å². The highest BCUT2D eigenvalue weighted by molar-refractivity contribution is 5.88. The fourth-order valence-corrected chi connectivity index (χ4v) is 5.33. The van der Waals surface area contributed by atoms with Gasteiger partial charge < -0.3 is 29.2 Å². The van der Waals surface area contributed by atoms with Crippen molar-refractivity contribution in [3.63, 3.8) is 0 Å². The molecule has 0 amide bonds. The van der Waals surface area contributed by atoms with Gasteiger partial charge in [-0.05, 0) is 97.7 Å². The van der Waals surface area contributed by atoms with E-state index in [0.717, 1.165) is 54.9 Å². The summed E-state index contributed by atoms with van der Waals surface area (Å²) in [6.07, 6.45) is 4.75. The molecule has 0 aromatic heterocycles. The molecule has 0 bridgehead atoms. The Morgan fingerprint density at radius 2 is 1.38 bits per heavy atom. The SMILES string of the molecule is C=C(CO)C(=O)OCCOc1cc(OCCOC(=O)C(=C)CO)cc(-c2ccc(C3CCC(CCC=C(F)F)CC3)c(C)c2)c1. The monoisotopic (exact) mass is 628 g/mol. The van der Waals surface area contributed by atoms with Gasteiger partial charge in [-0.2, -0.15) is 8.78 Å². The lowest BCUT2D eigenvalue weighted by atomic mass is 9.76. The first-order valence-corrected chi connectivity index (χ1v) is 15.1. The molecule has 0 spiro atoms. The standard InChI is InChI=1S/C35H42F2O8/c1-23-17-28(11-12-32(23)27-9-7-26(8-10-27)5-4-6-33(36)37)29-18-30(42-13-15-44-34(40)24(2)21-38)20-31(19-29)43-14-16-45-35(41)25(3)22-39/h6,11-12,17-20,26-27,38-39H,2-5,7-10,13-16,21-22H2,1H3. The number of allylic oxidation sites excluding steroid dienone is 1. The van der Waals surface area contributed by atoms with Gasteiger partial charge in [0.25, 0.3) is 6.08 Å². The minimum Gasteiger partial charge on any atom is -0.490 e. The molecule has 0 aliphatic heterocycles. The molecule has 1 aliphatic rings. The highest BCUT2D eigenvalue weighted by Crippen LogP contribution is 2.40. The second kappa shape index (κ2) is 18.1. The van der Waals surface area contributed by atoms with E-state index in [-0.39, 0.29) is 37.6 Å². The van der Waals surface area contributed by atoms with Crippen molar-refractivity contribution in [1.29, 1.82) is 0 Å². The number of carbonyl (C=O) groups is 2. The Morgan fingerprint density at radius 3 is 1.87 bits per heavy atom. The number of aliphatic hydroxyl groups is 2. The van der Waals surface area contributed by atoms with Gasteiger partial charge in [0.15, 0.2) is 0 Å². The molecule has 2 N–H and O–H groups in total. The van der Waals surface area contributed by atoms with Gasteiger partial charge in [-0.1, -0.05) is 31.4 Å². The predicted octanol–water partition coefficient (Wildman–Crippen LogP) is 6.44. The Balaban J connectivity index is 1.70. The van der Waals surface area contributed by atoms with Crippen LogP contribution >= 0.6 is 0 Å². The van der Waals surface area contributed by atoms with E-state index in [2.05, 4.69) is 38.3 Å². The average molecular weight is 629 g/mol. The molecule has 244 valence electrons. The van der Waals surface area contributed by atoms with E-state index in [4.69, 9.17) is 29.2 Å². The van der Waals surface area contributed by atoms with E-state index in [0.29, 0.717) is 29.8 Å². The topological polar surface area (TPSA) is 112 Å². The lowest BCUT2D eigenvalue weighted by Crippen LogP contribution is -2.15. The summed E-state index contributed by atoms with van der Waals surface area (Å²) >= 11 is 0. The van der Waals surface area contributed by atoms with Gasteiger partial charge in [0.05, 0.1) is 24.4 Å². The zero-order chi connectivity index (χ0) is 32.8. The lowest BCUT2D eigenvalue weighted by Gasteiger charge is -2.29. The molecule has 3 rings (SSSR count). The molecule has 1 aliphatic carbocycles. The second-order valence-electron chi connectivity index (χ2n) is 11.0. The quantitative estimate of drug-likeness (QED) is 0.117. The third kappa shape index (κ3) is 11.4. The molecular formula is C35H42F2O8. The van der Waals surface area contributed by atoms with E-state index >= 15 is 0 Å². The van der Waals surface area contributed by atoms with Gasteiger partial charge in [-0.25, -0.2) is 9.59 Å². The van der Waals surface area contributed by atoms with Gasteiger partial charge >= 0.3 is 11.9 Å². The summed E-state index contributed by atoms with van der Waals surface area (Å²) in [6, 6.07) is 11.7. The molecule has 10 heteroatoms. The van der Waals surface area contributed by atoms with Gasteiger partial charge in [-0.15, -0.1) is 0 Å². The van der Waals surface area contributed by atoms with Gasteiger partial charge in [0, 0.05) is 6.07 Å². The predicted molar refractivity (Wildman–Crippen MR) is 166 cm³/mol. The number of rotatable bonds is 17. The number of esters is 2. The van der Waals surface area contributed by atoms with E-state index in [1.165, 1.54) is 5.56 Å². The van der Waals surface area contributed by atoms with Crippen LogP contribution in [-0.2, 0) is 19.1 Å². The molecule has 0 atom stereocenters. The fourth-order valence-electron chi connectivity index (χ4n) is 5.33. The number of carbonyl (C=O) groups excluding carboxylic acids is 2.